The first kappa shape index (κ1) is 33.1. The van der Waals surface area contributed by atoms with E-state index in [-0.39, 0.29) is 24.8 Å². The Bertz CT molecular complexity index is 1370. The number of piperidine rings is 1. The van der Waals surface area contributed by atoms with Crippen molar-refractivity contribution in [1.29, 1.82) is 0 Å². The van der Waals surface area contributed by atoms with Crippen LogP contribution in [-0.2, 0) is 39.1 Å². The molecule has 0 bridgehead atoms. The second kappa shape index (κ2) is 13.0. The van der Waals surface area contributed by atoms with Crippen molar-refractivity contribution >= 4 is 25.1 Å². The van der Waals surface area contributed by atoms with E-state index >= 15 is 0 Å². The molecule has 1 aromatic heterocycles. The maximum atomic E-state index is 13.9. The molecule has 237 valence electrons. The number of halogens is 3. The number of amides is 1. The molecule has 1 amide bonds. The molecule has 0 aliphatic carbocycles. The van der Waals surface area contributed by atoms with Crippen LogP contribution in [0.2, 0.25) is 25.7 Å². The highest BCUT2D eigenvalue weighted by molar-refractivity contribution is 6.76. The number of rotatable bonds is 10. The van der Waals surface area contributed by atoms with Crippen molar-refractivity contribution in [3.05, 3.63) is 71.4 Å². The topological polar surface area (TPSA) is 52.9 Å². The van der Waals surface area contributed by atoms with Gasteiger partial charge in [-0.1, -0.05) is 30.3 Å². The number of carbonyl (C=O) groups excluding carboxylic acids is 1. The minimum atomic E-state index is -4.47. The third-order valence-corrected chi connectivity index (χ3v) is 9.59. The number of likely N-dealkylation sites (tertiary alicyclic amines) is 1. The van der Waals surface area contributed by atoms with Gasteiger partial charge in [0.05, 0.1) is 24.3 Å². The summed E-state index contributed by atoms with van der Waals surface area (Å²) in [6.07, 6.45) is -1.74. The second-order valence-electron chi connectivity index (χ2n) is 13.8. The fourth-order valence-corrected chi connectivity index (χ4v) is 6.23. The molecule has 0 saturated carbocycles. The van der Waals surface area contributed by atoms with Crippen LogP contribution in [-0.4, -0.2) is 55.5 Å². The Morgan fingerprint density at radius 1 is 0.977 bits per heavy atom. The second-order valence-corrected chi connectivity index (χ2v) is 19.4. The van der Waals surface area contributed by atoms with Crippen LogP contribution < -0.4 is 0 Å². The number of hydrogen-bond donors (Lipinski definition) is 0. The average molecular weight is 619 g/mol. The molecule has 0 atom stereocenters. The molecule has 0 spiro atoms. The van der Waals surface area contributed by atoms with Crippen molar-refractivity contribution in [2.45, 2.75) is 89.8 Å². The normalized spacial score (nSPS) is 16.1. The lowest BCUT2D eigenvalue weighted by atomic mass is 9.73. The lowest BCUT2D eigenvalue weighted by Crippen LogP contribution is -2.48. The Morgan fingerprint density at radius 3 is 2.26 bits per heavy atom. The average Bonchev–Trinajstić information content (AvgIpc) is 3.33. The predicted molar refractivity (Wildman–Crippen MR) is 166 cm³/mol. The molecule has 6 nitrogen and oxygen atoms in total. The molecular formula is C33H45F3N2O4Si-. The third-order valence-electron chi connectivity index (χ3n) is 7.89. The molecule has 4 rings (SSSR count). The number of fused-ring (bicyclic) bond motifs is 1. The van der Waals surface area contributed by atoms with Gasteiger partial charge < -0.3 is 23.7 Å². The maximum absolute atomic E-state index is 13.9. The van der Waals surface area contributed by atoms with Crippen molar-refractivity contribution in [3.63, 3.8) is 0 Å². The molecule has 2 heterocycles. The molecule has 1 saturated heterocycles. The summed E-state index contributed by atoms with van der Waals surface area (Å²) in [6, 6.07) is 15.1. The van der Waals surface area contributed by atoms with Gasteiger partial charge in [-0.15, -0.1) is 14.1 Å². The van der Waals surface area contributed by atoms with Gasteiger partial charge in [0.2, 0.25) is 0 Å². The van der Waals surface area contributed by atoms with Crippen LogP contribution >= 0.6 is 0 Å². The van der Waals surface area contributed by atoms with E-state index in [1.54, 1.807) is 17.2 Å². The molecule has 1 aliphatic rings. The van der Waals surface area contributed by atoms with E-state index in [0.717, 1.165) is 11.6 Å². The van der Waals surface area contributed by atoms with Crippen LogP contribution in [0.15, 0.2) is 54.7 Å². The van der Waals surface area contributed by atoms with Crippen molar-refractivity contribution in [2.24, 2.45) is 0 Å². The summed E-state index contributed by atoms with van der Waals surface area (Å²) < 4.78 is 61.3. The Hall–Kier alpha value is -2.82. The fraction of sp³-hybridized carbons (Fsp3) is 0.545. The van der Waals surface area contributed by atoms with Crippen molar-refractivity contribution < 1.29 is 32.2 Å². The zero-order chi connectivity index (χ0) is 31.5. The molecule has 2 aromatic carbocycles. The summed E-state index contributed by atoms with van der Waals surface area (Å²) in [5.74, 6) is 0. The van der Waals surface area contributed by atoms with Crippen molar-refractivity contribution in [2.75, 3.05) is 26.3 Å². The number of carbonyl (C=O) groups is 1. The van der Waals surface area contributed by atoms with E-state index in [0.29, 0.717) is 55.6 Å². The summed E-state index contributed by atoms with van der Waals surface area (Å²) >= 11 is 0. The van der Waals surface area contributed by atoms with E-state index in [4.69, 9.17) is 14.2 Å². The quantitative estimate of drug-likeness (QED) is 0.169. The van der Waals surface area contributed by atoms with Gasteiger partial charge in [0.1, 0.15) is 12.3 Å². The summed E-state index contributed by atoms with van der Waals surface area (Å²) in [5.41, 5.74) is 0.586. The Morgan fingerprint density at radius 2 is 1.65 bits per heavy atom. The molecule has 1 fully saturated rings. The van der Waals surface area contributed by atoms with Gasteiger partial charge in [-0.05, 0) is 57.4 Å². The van der Waals surface area contributed by atoms with Crippen LogP contribution in [0.25, 0.3) is 10.9 Å². The minimum Gasteiger partial charge on any atom is -0.444 e. The first-order valence-corrected chi connectivity index (χ1v) is 18.7. The zero-order valence-corrected chi connectivity index (χ0v) is 27.2. The van der Waals surface area contributed by atoms with Crippen molar-refractivity contribution in [1.82, 2.24) is 9.47 Å². The fourth-order valence-electron chi connectivity index (χ4n) is 5.47. The van der Waals surface area contributed by atoms with E-state index in [2.05, 4.69) is 31.8 Å². The molecule has 3 aromatic rings. The zero-order valence-electron chi connectivity index (χ0n) is 26.2. The summed E-state index contributed by atoms with van der Waals surface area (Å²) in [7, 11) is -1.27. The van der Waals surface area contributed by atoms with Gasteiger partial charge in [0.25, 0.3) is 0 Å². The standard InChI is InChI=1S/C33H45F3N2O4Si/c1-31(2,3)42-30(39)37-16-13-32(14-17-37,27-10-8-7-9-11-27)23-41-22-26-21-28(33(34,35)36)20-25-12-15-38(29(25)26)24-40-18-19-43(4,5)6/h7-12,15,20-21H,13-14,16-19,22-24H2,1-6H3/q-1. The minimum absolute atomic E-state index is 0.0176. The lowest BCUT2D eigenvalue weighted by molar-refractivity contribution is -0.137. The highest BCUT2D eigenvalue weighted by Gasteiger charge is 2.39. The van der Waals surface area contributed by atoms with E-state index in [9.17, 15) is 18.0 Å². The van der Waals surface area contributed by atoms with E-state index in [1.165, 1.54) is 12.1 Å². The summed E-state index contributed by atoms with van der Waals surface area (Å²) in [4.78, 5) is 14.4. The van der Waals surface area contributed by atoms with Crippen molar-refractivity contribution in [3.8, 4) is 0 Å². The van der Waals surface area contributed by atoms with Crippen LogP contribution in [0.3, 0.4) is 0 Å². The highest BCUT2D eigenvalue weighted by Crippen LogP contribution is 2.38. The Balaban J connectivity index is 1.54. The molecule has 0 radical (unpaired) electrons. The van der Waals surface area contributed by atoms with Gasteiger partial charge >= 0.3 is 12.3 Å². The van der Waals surface area contributed by atoms with Gasteiger partial charge in [0.15, 0.2) is 0 Å². The number of ether oxygens (including phenoxy) is 3. The van der Waals surface area contributed by atoms with Gasteiger partial charge in [0, 0.05) is 42.3 Å². The van der Waals surface area contributed by atoms with E-state index < -0.39 is 25.4 Å². The Kier molecular flexibility index (Phi) is 10.0. The van der Waals surface area contributed by atoms with Gasteiger partial charge in [-0.3, -0.25) is 0 Å². The molecule has 0 unspecified atom stereocenters. The predicted octanol–water partition coefficient (Wildman–Crippen LogP) is 8.46. The number of nitrogens with zero attached hydrogens (tertiary/aromatic N) is 2. The smallest absolute Gasteiger partial charge is 0.416 e. The third kappa shape index (κ3) is 8.86. The summed E-state index contributed by atoms with van der Waals surface area (Å²) in [6.45, 7) is 14.6. The first-order valence-electron chi connectivity index (χ1n) is 14.9. The Labute approximate surface area is 254 Å². The highest BCUT2D eigenvalue weighted by atomic mass is 28.3. The maximum Gasteiger partial charge on any atom is 0.416 e. The monoisotopic (exact) mass is 618 g/mol. The van der Waals surface area contributed by atoms with Crippen LogP contribution in [0.1, 0.15) is 50.3 Å². The molecule has 43 heavy (non-hydrogen) atoms. The summed E-state index contributed by atoms with van der Waals surface area (Å²) in [5, 5.41) is 0.505. The molecular weight excluding hydrogens is 573 g/mol. The van der Waals surface area contributed by atoms with Crippen LogP contribution in [0, 0.1) is 0 Å². The first-order chi connectivity index (χ1) is 20.1. The largest absolute Gasteiger partial charge is 0.444 e. The molecule has 0 N–H and O–H groups in total. The number of benzene rings is 2. The number of alkyl halides is 3. The SMILES string of the molecule is CC(C)(C)OC(=O)N1CCC(COCc2cc(C(F)(F)F)cc3ccn(COCC[Si-](C)(C)C)c23)(c2ccccc2)CC1. The number of hydrogen-bond acceptors (Lipinski definition) is 4. The van der Waals surface area contributed by atoms with Gasteiger partial charge in [-0.25, -0.2) is 4.79 Å². The molecule has 10 heteroatoms. The number of aromatic nitrogens is 1. The van der Waals surface area contributed by atoms with Crippen LogP contribution in [0.4, 0.5) is 18.0 Å². The lowest BCUT2D eigenvalue weighted by Gasteiger charge is -2.42. The van der Waals surface area contributed by atoms with E-state index in [1.807, 2.05) is 43.5 Å². The van der Waals surface area contributed by atoms with Gasteiger partial charge in [-0.2, -0.15) is 32.8 Å². The van der Waals surface area contributed by atoms with Crippen LogP contribution in [0.5, 0.6) is 0 Å². The molecule has 1 aliphatic heterocycles.